The molecule has 0 aliphatic heterocycles. The van der Waals surface area contributed by atoms with Gasteiger partial charge >= 0.3 is 0 Å². The molecule has 1 amide bonds. The van der Waals surface area contributed by atoms with Crippen LogP contribution in [-0.2, 0) is 5.41 Å². The fraction of sp³-hybridized carbons (Fsp3) is 0.714. The molecule has 0 aliphatic rings. The van der Waals surface area contributed by atoms with Crippen molar-refractivity contribution < 1.29 is 9.90 Å². The van der Waals surface area contributed by atoms with Gasteiger partial charge in [0, 0.05) is 12.0 Å². The van der Waals surface area contributed by atoms with Gasteiger partial charge in [-0.25, -0.2) is 4.98 Å². The number of nitrogens with zero attached hydrogens (tertiary/aromatic N) is 1. The number of carbonyl (C=O) groups excluding carboxylic acids is 1. The molecule has 0 saturated carbocycles. The van der Waals surface area contributed by atoms with Crippen molar-refractivity contribution in [2.75, 3.05) is 6.54 Å². The Balaban J connectivity index is 2.67. The maximum Gasteiger partial charge on any atom is 0.263 e. The highest BCUT2D eigenvalue weighted by Crippen LogP contribution is 2.26. The van der Waals surface area contributed by atoms with Crippen LogP contribution < -0.4 is 5.32 Å². The highest BCUT2D eigenvalue weighted by Gasteiger charge is 2.26. The summed E-state index contributed by atoms with van der Waals surface area (Å²) in [4.78, 5) is 16.9. The van der Waals surface area contributed by atoms with E-state index in [1.54, 1.807) is 13.1 Å². The monoisotopic (exact) mass is 284 g/mol. The van der Waals surface area contributed by atoms with Crippen LogP contribution in [0.1, 0.15) is 56.2 Å². The first-order valence-electron chi connectivity index (χ1n) is 6.51. The molecule has 1 rings (SSSR count). The number of carbonyl (C=O) groups is 1. The fourth-order valence-electron chi connectivity index (χ4n) is 1.28. The van der Waals surface area contributed by atoms with Gasteiger partial charge in [-0.1, -0.05) is 34.6 Å². The van der Waals surface area contributed by atoms with E-state index in [1.165, 1.54) is 11.3 Å². The summed E-state index contributed by atoms with van der Waals surface area (Å²) in [5.41, 5.74) is -0.945. The second kappa shape index (κ2) is 5.59. The number of aliphatic hydroxyl groups is 1. The first kappa shape index (κ1) is 16.1. The third-order valence-electron chi connectivity index (χ3n) is 3.22. The highest BCUT2D eigenvalue weighted by atomic mass is 32.1. The van der Waals surface area contributed by atoms with Crippen molar-refractivity contribution in [3.05, 3.63) is 16.1 Å². The fourth-order valence-corrected chi connectivity index (χ4v) is 2.17. The van der Waals surface area contributed by atoms with Gasteiger partial charge in [0.2, 0.25) is 0 Å². The second-order valence-electron chi connectivity index (χ2n) is 6.47. The number of rotatable bonds is 4. The van der Waals surface area contributed by atoms with Gasteiger partial charge in [0.25, 0.3) is 5.91 Å². The molecule has 0 saturated heterocycles. The van der Waals surface area contributed by atoms with Gasteiger partial charge in [0.15, 0.2) is 0 Å². The molecule has 0 bridgehead atoms. The highest BCUT2D eigenvalue weighted by molar-refractivity contribution is 7.13. The number of hydrogen-bond acceptors (Lipinski definition) is 4. The first-order chi connectivity index (χ1) is 8.54. The van der Waals surface area contributed by atoms with Crippen LogP contribution in [0.2, 0.25) is 0 Å². The Labute approximate surface area is 119 Å². The van der Waals surface area contributed by atoms with E-state index in [0.29, 0.717) is 4.88 Å². The maximum atomic E-state index is 12.0. The quantitative estimate of drug-likeness (QED) is 0.893. The first-order valence-corrected chi connectivity index (χ1v) is 7.32. The lowest BCUT2D eigenvalue weighted by molar-refractivity contribution is 0.0143. The van der Waals surface area contributed by atoms with E-state index in [9.17, 15) is 9.90 Å². The molecule has 108 valence electrons. The summed E-state index contributed by atoms with van der Waals surface area (Å²) >= 11 is 1.40. The minimum atomic E-state index is -0.896. The van der Waals surface area contributed by atoms with Crippen molar-refractivity contribution in [1.82, 2.24) is 10.3 Å². The van der Waals surface area contributed by atoms with E-state index in [2.05, 4.69) is 31.1 Å². The van der Waals surface area contributed by atoms with Gasteiger partial charge in [-0.05, 0) is 12.8 Å². The van der Waals surface area contributed by atoms with E-state index in [1.807, 2.05) is 13.8 Å². The molecule has 0 radical (unpaired) electrons. The normalized spacial score (nSPS) is 15.4. The molecular formula is C14H24N2O2S. The van der Waals surface area contributed by atoms with Crippen molar-refractivity contribution >= 4 is 17.2 Å². The molecule has 0 spiro atoms. The summed E-state index contributed by atoms with van der Waals surface area (Å²) in [6, 6.07) is 0. The Hall–Kier alpha value is -0.940. The van der Waals surface area contributed by atoms with Crippen LogP contribution in [0, 0.1) is 5.92 Å². The Morgan fingerprint density at radius 3 is 2.42 bits per heavy atom. The van der Waals surface area contributed by atoms with E-state index >= 15 is 0 Å². The standard InChI is InChI=1S/C14H24N2O2S/c1-9(2)14(6,18)8-16-11(17)10-7-15-12(19-10)13(3,4)5/h7,9,18H,8H2,1-6H3,(H,16,17). The van der Waals surface area contributed by atoms with Crippen molar-refractivity contribution in [3.8, 4) is 0 Å². The van der Waals surface area contributed by atoms with Crippen molar-refractivity contribution in [2.45, 2.75) is 52.6 Å². The van der Waals surface area contributed by atoms with E-state index in [4.69, 9.17) is 0 Å². The van der Waals surface area contributed by atoms with Crippen LogP contribution >= 0.6 is 11.3 Å². The lowest BCUT2D eigenvalue weighted by atomic mass is 9.92. The molecule has 1 atom stereocenters. The number of hydrogen-bond donors (Lipinski definition) is 2. The van der Waals surface area contributed by atoms with Crippen LogP contribution in [0.4, 0.5) is 0 Å². The van der Waals surface area contributed by atoms with E-state index in [-0.39, 0.29) is 23.8 Å². The van der Waals surface area contributed by atoms with Crippen LogP contribution in [0.5, 0.6) is 0 Å². The molecule has 1 aromatic heterocycles. The molecule has 1 aromatic rings. The smallest absolute Gasteiger partial charge is 0.263 e. The summed E-state index contributed by atoms with van der Waals surface area (Å²) in [6.07, 6.45) is 1.60. The number of aromatic nitrogens is 1. The van der Waals surface area contributed by atoms with Gasteiger partial charge in [0.1, 0.15) is 4.88 Å². The number of amides is 1. The zero-order valence-corrected chi connectivity index (χ0v) is 13.4. The summed E-state index contributed by atoms with van der Waals surface area (Å²) in [7, 11) is 0. The predicted octanol–water partition coefficient (Wildman–Crippen LogP) is 2.58. The summed E-state index contributed by atoms with van der Waals surface area (Å²) < 4.78 is 0. The molecule has 5 heteroatoms. The van der Waals surface area contributed by atoms with Gasteiger partial charge in [0.05, 0.1) is 16.8 Å². The lowest BCUT2D eigenvalue weighted by Gasteiger charge is -2.27. The topological polar surface area (TPSA) is 62.2 Å². The largest absolute Gasteiger partial charge is 0.388 e. The van der Waals surface area contributed by atoms with E-state index in [0.717, 1.165) is 5.01 Å². The van der Waals surface area contributed by atoms with Gasteiger partial charge in [-0.3, -0.25) is 4.79 Å². The van der Waals surface area contributed by atoms with Gasteiger partial charge in [-0.15, -0.1) is 11.3 Å². The average molecular weight is 284 g/mol. The lowest BCUT2D eigenvalue weighted by Crippen LogP contribution is -2.44. The molecule has 4 nitrogen and oxygen atoms in total. The van der Waals surface area contributed by atoms with Crippen LogP contribution in [0.15, 0.2) is 6.20 Å². The zero-order valence-electron chi connectivity index (χ0n) is 12.6. The summed E-state index contributed by atoms with van der Waals surface area (Å²) in [5, 5.41) is 13.8. The van der Waals surface area contributed by atoms with Crippen LogP contribution in [0.25, 0.3) is 0 Å². The van der Waals surface area contributed by atoms with Gasteiger partial charge < -0.3 is 10.4 Å². The van der Waals surface area contributed by atoms with Crippen molar-refractivity contribution in [1.29, 1.82) is 0 Å². The number of nitrogens with one attached hydrogen (secondary N) is 1. The third kappa shape index (κ3) is 4.28. The molecule has 19 heavy (non-hydrogen) atoms. The van der Waals surface area contributed by atoms with Crippen molar-refractivity contribution in [2.24, 2.45) is 5.92 Å². The van der Waals surface area contributed by atoms with Crippen LogP contribution in [-0.4, -0.2) is 28.1 Å². The SMILES string of the molecule is CC(C)C(C)(O)CNC(=O)c1cnc(C(C)(C)C)s1. The molecule has 0 fully saturated rings. The molecule has 2 N–H and O–H groups in total. The second-order valence-corrected chi connectivity index (χ2v) is 7.50. The molecule has 0 aliphatic carbocycles. The predicted molar refractivity (Wildman–Crippen MR) is 78.6 cm³/mol. The molecule has 1 heterocycles. The van der Waals surface area contributed by atoms with Gasteiger partial charge in [-0.2, -0.15) is 0 Å². The molecular weight excluding hydrogens is 260 g/mol. The maximum absolute atomic E-state index is 12.0. The molecule has 0 aromatic carbocycles. The number of thiazole rings is 1. The Morgan fingerprint density at radius 2 is 2.00 bits per heavy atom. The van der Waals surface area contributed by atoms with Crippen LogP contribution in [0.3, 0.4) is 0 Å². The minimum Gasteiger partial charge on any atom is -0.388 e. The zero-order chi connectivity index (χ0) is 14.8. The average Bonchev–Trinajstić information content (AvgIpc) is 2.74. The minimum absolute atomic E-state index is 0.0490. The Morgan fingerprint density at radius 1 is 1.42 bits per heavy atom. The molecule has 1 unspecified atom stereocenters. The Kier molecular flexibility index (Phi) is 4.74. The Bertz CT molecular complexity index is 445. The van der Waals surface area contributed by atoms with Crippen molar-refractivity contribution in [3.63, 3.8) is 0 Å². The third-order valence-corrected chi connectivity index (χ3v) is 4.64. The van der Waals surface area contributed by atoms with E-state index < -0.39 is 5.60 Å². The summed E-state index contributed by atoms with van der Waals surface area (Å²) in [6.45, 7) is 12.0. The summed E-state index contributed by atoms with van der Waals surface area (Å²) in [5.74, 6) is -0.0895.